The van der Waals surface area contributed by atoms with Crippen molar-refractivity contribution >= 4 is 0 Å². The third-order valence-corrected chi connectivity index (χ3v) is 4.43. The third kappa shape index (κ3) is 16.3. The van der Waals surface area contributed by atoms with Crippen molar-refractivity contribution < 1.29 is 9.84 Å². The molecule has 134 valence electrons. The standard InChI is InChI=1S/C20H42O2/c1-4-6-8-10-12-14-16-19(3)22-18-20(21)17-15-13-11-9-7-5-2/h19-21H,4-18H2,1-3H3. The molecule has 22 heavy (non-hydrogen) atoms. The van der Waals surface area contributed by atoms with E-state index in [1.54, 1.807) is 0 Å². The Morgan fingerprint density at radius 2 is 1.14 bits per heavy atom. The van der Waals surface area contributed by atoms with E-state index in [0.717, 1.165) is 19.3 Å². The van der Waals surface area contributed by atoms with Crippen LogP contribution in [-0.4, -0.2) is 23.9 Å². The zero-order valence-electron chi connectivity index (χ0n) is 15.6. The van der Waals surface area contributed by atoms with Crippen LogP contribution in [0.25, 0.3) is 0 Å². The van der Waals surface area contributed by atoms with Gasteiger partial charge in [0.25, 0.3) is 0 Å². The molecule has 2 atom stereocenters. The summed E-state index contributed by atoms with van der Waals surface area (Å²) in [5.74, 6) is 0. The lowest BCUT2D eigenvalue weighted by Gasteiger charge is -2.16. The van der Waals surface area contributed by atoms with E-state index in [0.29, 0.717) is 12.7 Å². The fourth-order valence-electron chi connectivity index (χ4n) is 2.81. The minimum atomic E-state index is -0.266. The molecule has 0 spiro atoms. The van der Waals surface area contributed by atoms with E-state index in [9.17, 15) is 5.11 Å². The van der Waals surface area contributed by atoms with E-state index in [1.807, 2.05) is 0 Å². The summed E-state index contributed by atoms with van der Waals surface area (Å²) in [5, 5.41) is 9.94. The van der Waals surface area contributed by atoms with Crippen LogP contribution in [0.4, 0.5) is 0 Å². The number of hydrogen-bond donors (Lipinski definition) is 1. The van der Waals surface area contributed by atoms with E-state index in [2.05, 4.69) is 20.8 Å². The number of ether oxygens (including phenoxy) is 1. The average molecular weight is 315 g/mol. The zero-order valence-corrected chi connectivity index (χ0v) is 15.6. The minimum Gasteiger partial charge on any atom is -0.391 e. The number of hydrogen-bond acceptors (Lipinski definition) is 2. The van der Waals surface area contributed by atoms with Gasteiger partial charge in [0.2, 0.25) is 0 Å². The maximum absolute atomic E-state index is 9.94. The molecule has 0 saturated carbocycles. The van der Waals surface area contributed by atoms with E-state index < -0.39 is 0 Å². The Labute approximate surface area is 140 Å². The number of unbranched alkanes of at least 4 members (excludes halogenated alkanes) is 10. The SMILES string of the molecule is CCCCCCCCC(O)COC(C)CCCCCCCC. The van der Waals surface area contributed by atoms with Crippen LogP contribution in [0.15, 0.2) is 0 Å². The third-order valence-electron chi connectivity index (χ3n) is 4.43. The molecule has 2 heteroatoms. The predicted molar refractivity (Wildman–Crippen MR) is 97.4 cm³/mol. The summed E-state index contributed by atoms with van der Waals surface area (Å²) in [6.45, 7) is 7.16. The van der Waals surface area contributed by atoms with Crippen molar-refractivity contribution in [1.82, 2.24) is 0 Å². The normalized spacial score (nSPS) is 14.2. The van der Waals surface area contributed by atoms with Gasteiger partial charge in [0.05, 0.1) is 18.8 Å². The molecule has 2 unspecified atom stereocenters. The van der Waals surface area contributed by atoms with Crippen molar-refractivity contribution in [3.05, 3.63) is 0 Å². The second kappa shape index (κ2) is 17.3. The highest BCUT2D eigenvalue weighted by molar-refractivity contribution is 4.58. The van der Waals surface area contributed by atoms with Gasteiger partial charge in [-0.15, -0.1) is 0 Å². The first kappa shape index (κ1) is 21.9. The van der Waals surface area contributed by atoms with Gasteiger partial charge < -0.3 is 9.84 Å². The largest absolute Gasteiger partial charge is 0.391 e. The maximum atomic E-state index is 9.94. The molecule has 0 aliphatic rings. The molecule has 0 saturated heterocycles. The molecule has 0 aliphatic heterocycles. The Balaban J connectivity index is 3.31. The molecule has 0 fully saturated rings. The van der Waals surface area contributed by atoms with Crippen molar-refractivity contribution in [2.24, 2.45) is 0 Å². The summed E-state index contributed by atoms with van der Waals surface area (Å²) >= 11 is 0. The van der Waals surface area contributed by atoms with Crippen molar-refractivity contribution in [2.45, 2.75) is 123 Å². The second-order valence-corrected chi connectivity index (χ2v) is 6.91. The monoisotopic (exact) mass is 314 g/mol. The van der Waals surface area contributed by atoms with Gasteiger partial charge in [-0.05, 0) is 19.8 Å². The summed E-state index contributed by atoms with van der Waals surface area (Å²) in [6.07, 6.45) is 17.8. The zero-order chi connectivity index (χ0) is 16.5. The van der Waals surface area contributed by atoms with Crippen LogP contribution >= 0.6 is 0 Å². The predicted octanol–water partition coefficient (Wildman–Crippen LogP) is 6.25. The fourth-order valence-corrected chi connectivity index (χ4v) is 2.81. The highest BCUT2D eigenvalue weighted by Crippen LogP contribution is 2.12. The summed E-state index contributed by atoms with van der Waals surface area (Å²) in [7, 11) is 0. The molecule has 0 aromatic rings. The maximum Gasteiger partial charge on any atom is 0.0773 e. The molecule has 0 aromatic heterocycles. The molecule has 0 aromatic carbocycles. The Hall–Kier alpha value is -0.0800. The van der Waals surface area contributed by atoms with E-state index in [4.69, 9.17) is 4.74 Å². The summed E-state index contributed by atoms with van der Waals surface area (Å²) in [5.41, 5.74) is 0. The molecular weight excluding hydrogens is 272 g/mol. The topological polar surface area (TPSA) is 29.5 Å². The van der Waals surface area contributed by atoms with Crippen LogP contribution in [0.1, 0.15) is 111 Å². The molecule has 0 rings (SSSR count). The molecule has 0 radical (unpaired) electrons. The van der Waals surface area contributed by atoms with Gasteiger partial charge in [-0.1, -0.05) is 90.9 Å². The molecule has 0 aliphatic carbocycles. The Kier molecular flexibility index (Phi) is 17.2. The summed E-state index contributed by atoms with van der Waals surface area (Å²) in [6, 6.07) is 0. The Morgan fingerprint density at radius 3 is 1.68 bits per heavy atom. The smallest absolute Gasteiger partial charge is 0.0773 e. The molecule has 0 amide bonds. The van der Waals surface area contributed by atoms with Crippen molar-refractivity contribution in [1.29, 1.82) is 0 Å². The van der Waals surface area contributed by atoms with Crippen LogP contribution in [0, 0.1) is 0 Å². The summed E-state index contributed by atoms with van der Waals surface area (Å²) < 4.78 is 5.78. The van der Waals surface area contributed by atoms with E-state index >= 15 is 0 Å². The first-order valence-electron chi connectivity index (χ1n) is 10.00. The van der Waals surface area contributed by atoms with Crippen LogP contribution in [0.3, 0.4) is 0 Å². The van der Waals surface area contributed by atoms with Gasteiger partial charge >= 0.3 is 0 Å². The van der Waals surface area contributed by atoms with Crippen LogP contribution in [-0.2, 0) is 4.74 Å². The van der Waals surface area contributed by atoms with Crippen molar-refractivity contribution in [2.75, 3.05) is 6.61 Å². The molecule has 0 heterocycles. The Morgan fingerprint density at radius 1 is 0.682 bits per heavy atom. The van der Waals surface area contributed by atoms with Crippen LogP contribution in [0.5, 0.6) is 0 Å². The highest BCUT2D eigenvalue weighted by Gasteiger charge is 2.08. The lowest BCUT2D eigenvalue weighted by atomic mass is 10.1. The van der Waals surface area contributed by atoms with Gasteiger partial charge in [-0.2, -0.15) is 0 Å². The lowest BCUT2D eigenvalue weighted by Crippen LogP contribution is -2.19. The average Bonchev–Trinajstić information content (AvgIpc) is 2.52. The van der Waals surface area contributed by atoms with Gasteiger partial charge in [0.15, 0.2) is 0 Å². The van der Waals surface area contributed by atoms with Crippen LogP contribution in [0.2, 0.25) is 0 Å². The van der Waals surface area contributed by atoms with Gasteiger partial charge in [0, 0.05) is 0 Å². The second-order valence-electron chi connectivity index (χ2n) is 6.91. The van der Waals surface area contributed by atoms with Gasteiger partial charge in [0.1, 0.15) is 0 Å². The Bertz CT molecular complexity index is 184. The number of rotatable bonds is 17. The molecule has 0 bridgehead atoms. The fraction of sp³-hybridized carbons (Fsp3) is 1.00. The summed E-state index contributed by atoms with van der Waals surface area (Å²) in [4.78, 5) is 0. The molecule has 2 nitrogen and oxygen atoms in total. The number of aliphatic hydroxyl groups excluding tert-OH is 1. The molecular formula is C20H42O2. The quantitative estimate of drug-likeness (QED) is 0.321. The number of aliphatic hydroxyl groups is 1. The van der Waals surface area contributed by atoms with Gasteiger partial charge in [-0.25, -0.2) is 0 Å². The van der Waals surface area contributed by atoms with Gasteiger partial charge in [-0.3, -0.25) is 0 Å². The first-order chi connectivity index (χ1) is 10.7. The first-order valence-corrected chi connectivity index (χ1v) is 10.00. The lowest BCUT2D eigenvalue weighted by molar-refractivity contribution is -0.00913. The van der Waals surface area contributed by atoms with Crippen LogP contribution < -0.4 is 0 Å². The van der Waals surface area contributed by atoms with E-state index in [1.165, 1.54) is 70.6 Å². The van der Waals surface area contributed by atoms with Crippen molar-refractivity contribution in [3.8, 4) is 0 Å². The van der Waals surface area contributed by atoms with E-state index in [-0.39, 0.29) is 6.10 Å². The molecule has 1 N–H and O–H groups in total. The minimum absolute atomic E-state index is 0.266. The van der Waals surface area contributed by atoms with Crippen molar-refractivity contribution in [3.63, 3.8) is 0 Å². The highest BCUT2D eigenvalue weighted by atomic mass is 16.5.